The SMILES string of the molecule is CC(C)(O)CCc1cccc(C(=O)N2CCN3C(=O)OC[C@@H]3C2)c1. The summed E-state index contributed by atoms with van der Waals surface area (Å²) in [4.78, 5) is 27.8. The maximum absolute atomic E-state index is 12.8. The van der Waals surface area contributed by atoms with Crippen molar-refractivity contribution in [3.8, 4) is 0 Å². The molecule has 1 aromatic rings. The third kappa shape index (κ3) is 3.70. The van der Waals surface area contributed by atoms with Gasteiger partial charge in [0.1, 0.15) is 6.61 Å². The molecule has 0 aromatic heterocycles. The Bertz CT molecular complexity index is 638. The van der Waals surface area contributed by atoms with Gasteiger partial charge in [-0.05, 0) is 44.4 Å². The van der Waals surface area contributed by atoms with E-state index in [-0.39, 0.29) is 18.0 Å². The molecule has 1 aromatic carbocycles. The van der Waals surface area contributed by atoms with Gasteiger partial charge in [0.05, 0.1) is 11.6 Å². The summed E-state index contributed by atoms with van der Waals surface area (Å²) in [6.45, 7) is 5.48. The molecule has 0 radical (unpaired) electrons. The monoisotopic (exact) mass is 332 g/mol. The largest absolute Gasteiger partial charge is 0.447 e. The number of carbonyl (C=O) groups excluding carboxylic acids is 2. The molecule has 2 amide bonds. The number of piperazine rings is 1. The second kappa shape index (κ2) is 6.43. The first-order valence-corrected chi connectivity index (χ1v) is 8.37. The van der Waals surface area contributed by atoms with Gasteiger partial charge in [-0.2, -0.15) is 0 Å². The lowest BCUT2D eigenvalue weighted by Crippen LogP contribution is -2.53. The fourth-order valence-corrected chi connectivity index (χ4v) is 3.17. The molecular weight excluding hydrogens is 308 g/mol. The van der Waals surface area contributed by atoms with Crippen LogP contribution in [-0.4, -0.2) is 64.8 Å². The molecule has 1 N–H and O–H groups in total. The Kier molecular flexibility index (Phi) is 4.49. The zero-order valence-corrected chi connectivity index (χ0v) is 14.2. The topological polar surface area (TPSA) is 70.1 Å². The van der Waals surface area contributed by atoms with Crippen molar-refractivity contribution >= 4 is 12.0 Å². The van der Waals surface area contributed by atoms with Gasteiger partial charge in [-0.3, -0.25) is 9.69 Å². The third-order valence-corrected chi connectivity index (χ3v) is 4.60. The fourth-order valence-electron chi connectivity index (χ4n) is 3.17. The number of hydrogen-bond acceptors (Lipinski definition) is 4. The number of ether oxygens (including phenoxy) is 1. The van der Waals surface area contributed by atoms with Gasteiger partial charge < -0.3 is 14.7 Å². The molecule has 2 saturated heterocycles. The van der Waals surface area contributed by atoms with Gasteiger partial charge in [0.2, 0.25) is 0 Å². The minimum Gasteiger partial charge on any atom is -0.447 e. The molecule has 2 aliphatic rings. The van der Waals surface area contributed by atoms with Gasteiger partial charge in [-0.1, -0.05) is 12.1 Å². The van der Waals surface area contributed by atoms with Gasteiger partial charge in [0.25, 0.3) is 5.91 Å². The Labute approximate surface area is 142 Å². The first-order chi connectivity index (χ1) is 11.3. The Morgan fingerprint density at radius 1 is 1.38 bits per heavy atom. The predicted molar refractivity (Wildman–Crippen MR) is 88.8 cm³/mol. The Morgan fingerprint density at radius 2 is 2.17 bits per heavy atom. The molecule has 6 nitrogen and oxygen atoms in total. The summed E-state index contributed by atoms with van der Waals surface area (Å²) >= 11 is 0. The number of aliphatic hydroxyl groups is 1. The molecule has 24 heavy (non-hydrogen) atoms. The van der Waals surface area contributed by atoms with Crippen LogP contribution in [0.1, 0.15) is 36.2 Å². The number of hydrogen-bond donors (Lipinski definition) is 1. The quantitative estimate of drug-likeness (QED) is 0.910. The highest BCUT2D eigenvalue weighted by molar-refractivity contribution is 5.94. The van der Waals surface area contributed by atoms with Crippen LogP contribution in [0.5, 0.6) is 0 Å². The summed E-state index contributed by atoms with van der Waals surface area (Å²) in [5.74, 6) is -0.0147. The number of amides is 2. The van der Waals surface area contributed by atoms with Gasteiger partial charge >= 0.3 is 6.09 Å². The van der Waals surface area contributed by atoms with Crippen molar-refractivity contribution in [3.63, 3.8) is 0 Å². The van der Waals surface area contributed by atoms with Crippen LogP contribution >= 0.6 is 0 Å². The van der Waals surface area contributed by atoms with Crippen LogP contribution in [-0.2, 0) is 11.2 Å². The number of rotatable bonds is 4. The van der Waals surface area contributed by atoms with E-state index in [0.717, 1.165) is 12.0 Å². The normalized spacial score (nSPS) is 20.8. The zero-order valence-electron chi connectivity index (χ0n) is 14.2. The molecule has 2 aliphatic heterocycles. The Balaban J connectivity index is 1.66. The number of aryl methyl sites for hydroxylation is 1. The van der Waals surface area contributed by atoms with Crippen molar-refractivity contribution in [2.75, 3.05) is 26.2 Å². The first-order valence-electron chi connectivity index (χ1n) is 8.37. The van der Waals surface area contributed by atoms with E-state index in [2.05, 4.69) is 0 Å². The second-order valence-corrected chi connectivity index (χ2v) is 7.19. The number of carbonyl (C=O) groups is 2. The van der Waals surface area contributed by atoms with E-state index < -0.39 is 5.60 Å². The van der Waals surface area contributed by atoms with Crippen LogP contribution in [0.4, 0.5) is 4.79 Å². The van der Waals surface area contributed by atoms with Gasteiger partial charge in [-0.15, -0.1) is 0 Å². The third-order valence-electron chi connectivity index (χ3n) is 4.60. The summed E-state index contributed by atoms with van der Waals surface area (Å²) in [6, 6.07) is 7.54. The van der Waals surface area contributed by atoms with E-state index in [0.29, 0.717) is 38.2 Å². The lowest BCUT2D eigenvalue weighted by Gasteiger charge is -2.35. The van der Waals surface area contributed by atoms with Crippen molar-refractivity contribution in [3.05, 3.63) is 35.4 Å². The molecule has 130 valence electrons. The van der Waals surface area contributed by atoms with Crippen LogP contribution in [0.25, 0.3) is 0 Å². The van der Waals surface area contributed by atoms with Crippen LogP contribution in [0.2, 0.25) is 0 Å². The molecule has 2 heterocycles. The highest BCUT2D eigenvalue weighted by Gasteiger charge is 2.38. The maximum Gasteiger partial charge on any atom is 0.410 e. The summed E-state index contributed by atoms with van der Waals surface area (Å²) in [6.07, 6.45) is 1.09. The lowest BCUT2D eigenvalue weighted by atomic mass is 9.97. The highest BCUT2D eigenvalue weighted by atomic mass is 16.6. The number of cyclic esters (lactones) is 1. The van der Waals surface area contributed by atoms with Crippen molar-refractivity contribution < 1.29 is 19.4 Å². The van der Waals surface area contributed by atoms with E-state index in [1.165, 1.54) is 0 Å². The van der Waals surface area contributed by atoms with E-state index in [1.807, 2.05) is 24.3 Å². The van der Waals surface area contributed by atoms with Gasteiger partial charge in [0, 0.05) is 25.2 Å². The molecular formula is C18H24N2O4. The van der Waals surface area contributed by atoms with Crippen molar-refractivity contribution in [2.24, 2.45) is 0 Å². The van der Waals surface area contributed by atoms with E-state index >= 15 is 0 Å². The number of benzene rings is 1. The molecule has 0 bridgehead atoms. The van der Waals surface area contributed by atoms with Crippen molar-refractivity contribution in [1.82, 2.24) is 9.80 Å². The fraction of sp³-hybridized carbons (Fsp3) is 0.556. The minimum absolute atomic E-state index is 0.0147. The van der Waals surface area contributed by atoms with Crippen molar-refractivity contribution in [2.45, 2.75) is 38.3 Å². The van der Waals surface area contributed by atoms with E-state index in [9.17, 15) is 14.7 Å². The summed E-state index contributed by atoms with van der Waals surface area (Å²) in [5.41, 5.74) is 0.980. The smallest absolute Gasteiger partial charge is 0.410 e. The maximum atomic E-state index is 12.8. The zero-order chi connectivity index (χ0) is 17.3. The van der Waals surface area contributed by atoms with E-state index in [1.54, 1.807) is 23.6 Å². The molecule has 0 aliphatic carbocycles. The average molecular weight is 332 g/mol. The molecule has 3 rings (SSSR count). The summed E-state index contributed by atoms with van der Waals surface area (Å²) in [7, 11) is 0. The van der Waals surface area contributed by atoms with Gasteiger partial charge in [-0.25, -0.2) is 4.79 Å². The Morgan fingerprint density at radius 3 is 2.92 bits per heavy atom. The molecule has 0 spiro atoms. The summed E-state index contributed by atoms with van der Waals surface area (Å²) < 4.78 is 5.04. The van der Waals surface area contributed by atoms with Crippen LogP contribution in [0, 0.1) is 0 Å². The molecule has 6 heteroatoms. The van der Waals surface area contributed by atoms with Crippen LogP contribution in [0.3, 0.4) is 0 Å². The molecule has 0 unspecified atom stereocenters. The Hall–Kier alpha value is -2.08. The second-order valence-electron chi connectivity index (χ2n) is 7.19. The standard InChI is InChI=1S/C18H24N2O4/c1-18(2,23)7-6-13-4-3-5-14(10-13)16(21)19-8-9-20-15(11-19)12-24-17(20)22/h3-5,10,15,23H,6-9,11-12H2,1-2H3/t15-/m0/s1. The number of nitrogens with zero attached hydrogens (tertiary/aromatic N) is 2. The van der Waals surface area contributed by atoms with Gasteiger partial charge in [0.15, 0.2) is 0 Å². The highest BCUT2D eigenvalue weighted by Crippen LogP contribution is 2.20. The van der Waals surface area contributed by atoms with Crippen LogP contribution in [0.15, 0.2) is 24.3 Å². The van der Waals surface area contributed by atoms with Crippen LogP contribution < -0.4 is 0 Å². The van der Waals surface area contributed by atoms with Crippen molar-refractivity contribution in [1.29, 1.82) is 0 Å². The number of fused-ring (bicyclic) bond motifs is 1. The predicted octanol–water partition coefficient (Wildman–Crippen LogP) is 1.67. The van der Waals surface area contributed by atoms with E-state index in [4.69, 9.17) is 4.74 Å². The molecule has 0 saturated carbocycles. The molecule has 1 atom stereocenters. The first kappa shape index (κ1) is 16.8. The summed E-state index contributed by atoms with van der Waals surface area (Å²) in [5, 5.41) is 9.85. The molecule has 2 fully saturated rings. The lowest BCUT2D eigenvalue weighted by molar-refractivity contribution is 0.0617. The average Bonchev–Trinajstić information content (AvgIpc) is 2.92. The minimum atomic E-state index is -0.717.